The van der Waals surface area contributed by atoms with Gasteiger partial charge in [0.05, 0.1) is 48.5 Å². The van der Waals surface area contributed by atoms with Gasteiger partial charge in [0, 0.05) is 29.7 Å². The van der Waals surface area contributed by atoms with Crippen LogP contribution < -0.4 is 25.8 Å². The van der Waals surface area contributed by atoms with E-state index in [1.54, 1.807) is 20.3 Å². The molecule has 36 heavy (non-hydrogen) atoms. The minimum Gasteiger partial charge on any atom is -0.496 e. The number of hydrogen-bond acceptors (Lipinski definition) is 7. The number of methoxy groups -OCH3 is 3. The standard InChI is InChI=1S/C26H34N4O6/c1-30(2,11-10-27)24-17-7-9-22(35-4)19(14-17)18-12-16(6-8-21(18)34-3)13-20(26(33)36-5)29-23(31)15-28-25(24)32/h6-9,12,14,20,24H,10-11,13,15,27H2,1-5H3,(H-,28,29,31,32)/p+1. The van der Waals surface area contributed by atoms with Gasteiger partial charge in [-0.15, -0.1) is 0 Å². The highest BCUT2D eigenvalue weighted by atomic mass is 16.5. The Morgan fingerprint density at radius 3 is 2.28 bits per heavy atom. The fourth-order valence-electron chi connectivity index (χ4n) is 4.61. The van der Waals surface area contributed by atoms with Crippen LogP contribution in [0.1, 0.15) is 17.2 Å². The maximum absolute atomic E-state index is 13.5. The molecule has 10 heteroatoms. The monoisotopic (exact) mass is 499 g/mol. The summed E-state index contributed by atoms with van der Waals surface area (Å²) < 4.78 is 16.5. The summed E-state index contributed by atoms with van der Waals surface area (Å²) in [6.45, 7) is 0.605. The molecule has 1 aliphatic heterocycles. The van der Waals surface area contributed by atoms with Crippen molar-refractivity contribution in [2.75, 3.05) is 55.1 Å². The fourth-order valence-corrected chi connectivity index (χ4v) is 4.61. The van der Waals surface area contributed by atoms with Crippen molar-refractivity contribution in [3.63, 3.8) is 0 Å². The van der Waals surface area contributed by atoms with Gasteiger partial charge in [-0.3, -0.25) is 9.59 Å². The lowest BCUT2D eigenvalue weighted by atomic mass is 9.93. The number of carbonyl (C=O) groups is 3. The Morgan fingerprint density at radius 1 is 1.03 bits per heavy atom. The molecule has 2 aromatic carbocycles. The van der Waals surface area contributed by atoms with E-state index in [1.165, 1.54) is 7.11 Å². The summed E-state index contributed by atoms with van der Waals surface area (Å²) in [4.78, 5) is 38.6. The third kappa shape index (κ3) is 5.77. The Balaban J connectivity index is 2.27. The van der Waals surface area contributed by atoms with Crippen LogP contribution in [-0.4, -0.2) is 83.4 Å². The van der Waals surface area contributed by atoms with E-state index >= 15 is 0 Å². The molecule has 0 saturated carbocycles. The second kappa shape index (κ2) is 11.4. The van der Waals surface area contributed by atoms with Crippen molar-refractivity contribution in [1.82, 2.24) is 10.6 Å². The van der Waals surface area contributed by atoms with E-state index < -0.39 is 24.0 Å². The molecule has 2 aromatic rings. The normalized spacial score (nSPS) is 18.4. The number of esters is 1. The molecule has 0 saturated heterocycles. The lowest BCUT2D eigenvalue weighted by Gasteiger charge is -2.37. The molecule has 4 bridgehead atoms. The average molecular weight is 500 g/mol. The van der Waals surface area contributed by atoms with Gasteiger partial charge in [0.2, 0.25) is 5.91 Å². The molecule has 10 nitrogen and oxygen atoms in total. The van der Waals surface area contributed by atoms with Crippen LogP contribution in [-0.2, 0) is 25.5 Å². The molecule has 1 aliphatic rings. The highest BCUT2D eigenvalue weighted by Crippen LogP contribution is 2.40. The second-order valence-electron chi connectivity index (χ2n) is 9.25. The van der Waals surface area contributed by atoms with Gasteiger partial charge >= 0.3 is 5.97 Å². The number of carbonyl (C=O) groups excluding carboxylic acids is 3. The highest BCUT2D eigenvalue weighted by molar-refractivity contribution is 5.90. The Bertz CT molecular complexity index is 1130. The number of ether oxygens (including phenoxy) is 3. The quantitative estimate of drug-likeness (QED) is 0.396. The Hall–Kier alpha value is -3.63. The maximum atomic E-state index is 13.5. The number of amides is 2. The van der Waals surface area contributed by atoms with E-state index in [1.807, 2.05) is 44.4 Å². The molecule has 4 N–H and O–H groups in total. The van der Waals surface area contributed by atoms with Gasteiger partial charge in [-0.1, -0.05) is 6.07 Å². The smallest absolute Gasteiger partial charge is 0.328 e. The zero-order valence-corrected chi connectivity index (χ0v) is 21.4. The van der Waals surface area contributed by atoms with Crippen LogP contribution in [0.5, 0.6) is 11.5 Å². The maximum Gasteiger partial charge on any atom is 0.328 e. The van der Waals surface area contributed by atoms with Crippen molar-refractivity contribution in [1.29, 1.82) is 0 Å². The van der Waals surface area contributed by atoms with Gasteiger partial charge in [-0.25, -0.2) is 4.79 Å². The molecule has 1 heterocycles. The largest absolute Gasteiger partial charge is 0.496 e. The summed E-state index contributed by atoms with van der Waals surface area (Å²) in [5.74, 6) is -0.230. The highest BCUT2D eigenvalue weighted by Gasteiger charge is 2.37. The van der Waals surface area contributed by atoms with Crippen LogP contribution in [0.15, 0.2) is 36.4 Å². The molecule has 0 spiro atoms. The number of likely N-dealkylation sites (N-methyl/N-ethyl adjacent to an activating group) is 1. The van der Waals surface area contributed by atoms with Gasteiger partial charge in [0.15, 0.2) is 6.04 Å². The van der Waals surface area contributed by atoms with Crippen molar-refractivity contribution >= 4 is 17.8 Å². The first kappa shape index (κ1) is 27.0. The molecular weight excluding hydrogens is 464 g/mol. The van der Waals surface area contributed by atoms with Gasteiger partial charge in [-0.2, -0.15) is 0 Å². The van der Waals surface area contributed by atoms with E-state index in [2.05, 4.69) is 10.6 Å². The molecule has 3 rings (SSSR count). The number of fused-ring (bicyclic) bond motifs is 5. The molecule has 2 amide bonds. The molecule has 2 atom stereocenters. The fraction of sp³-hybridized carbons (Fsp3) is 0.423. The minimum absolute atomic E-state index is 0.189. The Labute approximate surface area is 211 Å². The van der Waals surface area contributed by atoms with E-state index in [0.29, 0.717) is 24.6 Å². The van der Waals surface area contributed by atoms with E-state index in [4.69, 9.17) is 19.9 Å². The van der Waals surface area contributed by atoms with Crippen LogP contribution in [0.4, 0.5) is 0 Å². The summed E-state index contributed by atoms with van der Waals surface area (Å²) in [7, 11) is 8.24. The first-order valence-electron chi connectivity index (χ1n) is 11.7. The summed E-state index contributed by atoms with van der Waals surface area (Å²) in [6, 6.07) is 9.49. The van der Waals surface area contributed by atoms with Crippen LogP contribution in [0.25, 0.3) is 11.1 Å². The number of hydrogen-bond donors (Lipinski definition) is 3. The predicted octanol–water partition coefficient (Wildman–Crippen LogP) is 0.777. The molecule has 2 unspecified atom stereocenters. The number of quaternary nitrogens is 1. The van der Waals surface area contributed by atoms with Gasteiger partial charge in [-0.05, 0) is 35.9 Å². The number of benzene rings is 2. The summed E-state index contributed by atoms with van der Waals surface area (Å²) in [5.41, 5.74) is 8.84. The van der Waals surface area contributed by atoms with Crippen molar-refractivity contribution < 1.29 is 33.1 Å². The van der Waals surface area contributed by atoms with Crippen LogP contribution in [0, 0.1) is 0 Å². The summed E-state index contributed by atoms with van der Waals surface area (Å²) in [6.07, 6.45) is 0.189. The number of rotatable bonds is 6. The zero-order chi connectivity index (χ0) is 26.5. The SMILES string of the molecule is COC(=O)C1Cc2ccc(OC)c(c2)-c2cc(ccc2OC)C([N+](C)(C)CCN)C(=O)NCC(=O)N1. The Kier molecular flexibility index (Phi) is 8.54. The lowest BCUT2D eigenvalue weighted by molar-refractivity contribution is -0.910. The third-order valence-electron chi connectivity index (χ3n) is 6.43. The van der Waals surface area contributed by atoms with Gasteiger partial charge < -0.3 is 35.1 Å². The lowest BCUT2D eigenvalue weighted by Crippen LogP contribution is -2.54. The van der Waals surface area contributed by atoms with Gasteiger partial charge in [0.25, 0.3) is 5.91 Å². The van der Waals surface area contributed by atoms with E-state index in [0.717, 1.165) is 22.3 Å². The first-order chi connectivity index (χ1) is 17.1. The molecule has 0 aromatic heterocycles. The van der Waals surface area contributed by atoms with Crippen molar-refractivity contribution in [2.24, 2.45) is 5.73 Å². The van der Waals surface area contributed by atoms with Crippen molar-refractivity contribution in [3.05, 3.63) is 47.5 Å². The second-order valence-corrected chi connectivity index (χ2v) is 9.25. The van der Waals surface area contributed by atoms with Gasteiger partial charge in [0.1, 0.15) is 17.5 Å². The number of nitrogens with one attached hydrogen (secondary N) is 2. The van der Waals surface area contributed by atoms with Crippen molar-refractivity contribution in [3.8, 4) is 22.6 Å². The third-order valence-corrected chi connectivity index (χ3v) is 6.43. The number of nitrogens with zero attached hydrogens (tertiary/aromatic N) is 1. The molecule has 0 fully saturated rings. The minimum atomic E-state index is -0.933. The topological polar surface area (TPSA) is 129 Å². The zero-order valence-electron chi connectivity index (χ0n) is 21.4. The van der Waals surface area contributed by atoms with Crippen LogP contribution in [0.2, 0.25) is 0 Å². The number of nitrogens with two attached hydrogens (primary N) is 1. The molecule has 0 radical (unpaired) electrons. The first-order valence-corrected chi connectivity index (χ1v) is 11.7. The molecule has 0 aliphatic carbocycles. The predicted molar refractivity (Wildman–Crippen MR) is 134 cm³/mol. The van der Waals surface area contributed by atoms with E-state index in [9.17, 15) is 14.4 Å². The van der Waals surface area contributed by atoms with E-state index in [-0.39, 0.29) is 23.4 Å². The van der Waals surface area contributed by atoms with Crippen LogP contribution >= 0.6 is 0 Å². The van der Waals surface area contributed by atoms with Crippen molar-refractivity contribution in [2.45, 2.75) is 18.5 Å². The molecule has 194 valence electrons. The van der Waals surface area contributed by atoms with Crippen LogP contribution in [0.3, 0.4) is 0 Å². The average Bonchev–Trinajstić information content (AvgIpc) is 2.85. The Morgan fingerprint density at radius 2 is 1.67 bits per heavy atom. The molecular formula is C26H35N4O6+. The summed E-state index contributed by atoms with van der Waals surface area (Å²) >= 11 is 0. The summed E-state index contributed by atoms with van der Waals surface area (Å²) in [5, 5.41) is 5.41.